The Morgan fingerprint density at radius 3 is 2.60 bits per heavy atom. The zero-order valence-corrected chi connectivity index (χ0v) is 9.02. The van der Waals surface area contributed by atoms with E-state index in [9.17, 15) is 0 Å². The molecule has 0 unspecified atom stereocenters. The Bertz CT molecular complexity index is 474. The lowest BCUT2D eigenvalue weighted by atomic mass is 10.3. The molecule has 0 fully saturated rings. The predicted molar refractivity (Wildman–Crippen MR) is 58.2 cm³/mol. The van der Waals surface area contributed by atoms with Gasteiger partial charge in [-0.1, -0.05) is 0 Å². The number of hydrogen-bond donors (Lipinski definition) is 1. The molecule has 0 saturated carbocycles. The van der Waals surface area contributed by atoms with Gasteiger partial charge < -0.3 is 5.32 Å². The molecule has 0 saturated heterocycles. The summed E-state index contributed by atoms with van der Waals surface area (Å²) in [5, 5.41) is 3.03. The number of nitrogens with one attached hydrogen (secondary N) is 1. The summed E-state index contributed by atoms with van der Waals surface area (Å²) in [6, 6.07) is 0. The molecule has 0 aliphatic rings. The third-order valence-electron chi connectivity index (χ3n) is 2.35. The second kappa shape index (κ2) is 3.68. The van der Waals surface area contributed by atoms with Crippen LogP contribution in [0.1, 0.15) is 11.4 Å². The summed E-state index contributed by atoms with van der Waals surface area (Å²) in [6.45, 7) is 3.93. The standard InChI is InChI=1S/C10H13N5/c1-7-9(11-3)13-6-14-10(7)15-5-4-12-8(15)2/h4-6H,1-3H3,(H,11,13,14). The van der Waals surface area contributed by atoms with Crippen LogP contribution in [0.15, 0.2) is 18.7 Å². The Hall–Kier alpha value is -1.91. The van der Waals surface area contributed by atoms with E-state index in [0.29, 0.717) is 0 Å². The van der Waals surface area contributed by atoms with Crippen LogP contribution in [0.25, 0.3) is 5.82 Å². The minimum absolute atomic E-state index is 0.841. The van der Waals surface area contributed by atoms with Gasteiger partial charge in [0.1, 0.15) is 23.8 Å². The lowest BCUT2D eigenvalue weighted by Gasteiger charge is -2.10. The fourth-order valence-electron chi connectivity index (χ4n) is 1.54. The molecule has 0 amide bonds. The Kier molecular flexibility index (Phi) is 2.37. The van der Waals surface area contributed by atoms with Gasteiger partial charge in [-0.25, -0.2) is 15.0 Å². The molecule has 2 heterocycles. The number of aromatic nitrogens is 4. The minimum Gasteiger partial charge on any atom is -0.373 e. The highest BCUT2D eigenvalue weighted by Crippen LogP contribution is 2.17. The van der Waals surface area contributed by atoms with E-state index in [1.165, 1.54) is 0 Å². The van der Waals surface area contributed by atoms with E-state index < -0.39 is 0 Å². The number of rotatable bonds is 2. The van der Waals surface area contributed by atoms with Crippen molar-refractivity contribution in [2.45, 2.75) is 13.8 Å². The first-order valence-corrected chi connectivity index (χ1v) is 4.73. The molecule has 2 rings (SSSR count). The second-order valence-corrected chi connectivity index (χ2v) is 3.27. The van der Waals surface area contributed by atoms with E-state index in [1.807, 2.05) is 31.7 Å². The molecule has 0 aromatic carbocycles. The van der Waals surface area contributed by atoms with Gasteiger partial charge in [-0.05, 0) is 13.8 Å². The molecule has 5 nitrogen and oxygen atoms in total. The van der Waals surface area contributed by atoms with E-state index in [2.05, 4.69) is 20.3 Å². The summed E-state index contributed by atoms with van der Waals surface area (Å²) in [5.74, 6) is 2.62. The third kappa shape index (κ3) is 1.56. The van der Waals surface area contributed by atoms with Gasteiger partial charge in [0.2, 0.25) is 0 Å². The van der Waals surface area contributed by atoms with E-state index in [4.69, 9.17) is 0 Å². The molecular weight excluding hydrogens is 190 g/mol. The van der Waals surface area contributed by atoms with Gasteiger partial charge in [-0.3, -0.25) is 4.57 Å². The molecule has 0 aliphatic heterocycles. The number of imidazole rings is 1. The molecule has 0 spiro atoms. The Labute approximate surface area is 88.2 Å². The van der Waals surface area contributed by atoms with Gasteiger partial charge in [0.15, 0.2) is 0 Å². The molecule has 5 heteroatoms. The molecular formula is C10H13N5. The van der Waals surface area contributed by atoms with E-state index >= 15 is 0 Å². The monoisotopic (exact) mass is 203 g/mol. The zero-order valence-electron chi connectivity index (χ0n) is 9.02. The smallest absolute Gasteiger partial charge is 0.146 e. The number of anilines is 1. The van der Waals surface area contributed by atoms with Crippen molar-refractivity contribution in [2.75, 3.05) is 12.4 Å². The normalized spacial score (nSPS) is 10.3. The van der Waals surface area contributed by atoms with Gasteiger partial charge in [0.05, 0.1) is 0 Å². The van der Waals surface area contributed by atoms with E-state index in [1.54, 1.807) is 12.5 Å². The summed E-state index contributed by atoms with van der Waals surface area (Å²) >= 11 is 0. The van der Waals surface area contributed by atoms with Gasteiger partial charge in [-0.15, -0.1) is 0 Å². The summed E-state index contributed by atoms with van der Waals surface area (Å²) in [4.78, 5) is 12.6. The van der Waals surface area contributed by atoms with Crippen molar-refractivity contribution in [3.05, 3.63) is 30.1 Å². The third-order valence-corrected chi connectivity index (χ3v) is 2.35. The van der Waals surface area contributed by atoms with Crippen molar-refractivity contribution >= 4 is 5.82 Å². The highest BCUT2D eigenvalue weighted by molar-refractivity contribution is 5.50. The van der Waals surface area contributed by atoms with Gasteiger partial charge in [0, 0.05) is 25.0 Å². The molecule has 2 aromatic heterocycles. The Balaban J connectivity index is 2.59. The fraction of sp³-hybridized carbons (Fsp3) is 0.300. The maximum Gasteiger partial charge on any atom is 0.146 e. The van der Waals surface area contributed by atoms with E-state index in [0.717, 1.165) is 23.0 Å². The van der Waals surface area contributed by atoms with Crippen molar-refractivity contribution in [1.29, 1.82) is 0 Å². The maximum atomic E-state index is 4.26. The Morgan fingerprint density at radius 2 is 2.00 bits per heavy atom. The molecule has 78 valence electrons. The van der Waals surface area contributed by atoms with Crippen molar-refractivity contribution < 1.29 is 0 Å². The van der Waals surface area contributed by atoms with Crippen LogP contribution in [0, 0.1) is 13.8 Å². The first kappa shape index (κ1) is 9.64. The first-order chi connectivity index (χ1) is 7.24. The lowest BCUT2D eigenvalue weighted by Crippen LogP contribution is -2.05. The van der Waals surface area contributed by atoms with Crippen molar-refractivity contribution in [2.24, 2.45) is 0 Å². The summed E-state index contributed by atoms with van der Waals surface area (Å²) in [7, 11) is 1.85. The maximum absolute atomic E-state index is 4.26. The van der Waals surface area contributed by atoms with Crippen molar-refractivity contribution in [1.82, 2.24) is 19.5 Å². The quantitative estimate of drug-likeness (QED) is 0.799. The summed E-state index contributed by atoms with van der Waals surface area (Å²) < 4.78 is 1.94. The molecule has 0 radical (unpaired) electrons. The van der Waals surface area contributed by atoms with Crippen LogP contribution in [0.2, 0.25) is 0 Å². The van der Waals surface area contributed by atoms with Gasteiger partial charge >= 0.3 is 0 Å². The van der Waals surface area contributed by atoms with Crippen LogP contribution < -0.4 is 5.32 Å². The Morgan fingerprint density at radius 1 is 1.20 bits per heavy atom. The van der Waals surface area contributed by atoms with Crippen LogP contribution >= 0.6 is 0 Å². The topological polar surface area (TPSA) is 55.6 Å². The highest BCUT2D eigenvalue weighted by Gasteiger charge is 2.08. The largest absolute Gasteiger partial charge is 0.373 e. The predicted octanol–water partition coefficient (Wildman–Crippen LogP) is 1.32. The molecule has 0 bridgehead atoms. The average Bonchev–Trinajstić information content (AvgIpc) is 2.65. The molecule has 15 heavy (non-hydrogen) atoms. The summed E-state index contributed by atoms with van der Waals surface area (Å²) in [6.07, 6.45) is 5.20. The van der Waals surface area contributed by atoms with Gasteiger partial charge in [0.25, 0.3) is 0 Å². The first-order valence-electron chi connectivity index (χ1n) is 4.73. The minimum atomic E-state index is 0.841. The molecule has 1 N–H and O–H groups in total. The highest BCUT2D eigenvalue weighted by atomic mass is 15.1. The molecule has 0 aliphatic carbocycles. The van der Waals surface area contributed by atoms with Crippen LogP contribution in [-0.2, 0) is 0 Å². The zero-order chi connectivity index (χ0) is 10.8. The van der Waals surface area contributed by atoms with Crippen LogP contribution in [0.3, 0.4) is 0 Å². The van der Waals surface area contributed by atoms with Crippen LogP contribution in [0.4, 0.5) is 5.82 Å². The lowest BCUT2D eigenvalue weighted by molar-refractivity contribution is 0.906. The van der Waals surface area contributed by atoms with Crippen molar-refractivity contribution in [3.63, 3.8) is 0 Å². The number of aryl methyl sites for hydroxylation is 1. The average molecular weight is 203 g/mol. The van der Waals surface area contributed by atoms with Crippen LogP contribution in [-0.4, -0.2) is 26.6 Å². The fourth-order valence-corrected chi connectivity index (χ4v) is 1.54. The summed E-state index contributed by atoms with van der Waals surface area (Å²) in [5.41, 5.74) is 1.01. The SMILES string of the molecule is CNc1ncnc(-n2ccnc2C)c1C. The molecule has 0 atom stereocenters. The number of nitrogens with zero attached hydrogens (tertiary/aromatic N) is 4. The van der Waals surface area contributed by atoms with Crippen molar-refractivity contribution in [3.8, 4) is 5.82 Å². The van der Waals surface area contributed by atoms with Gasteiger partial charge in [-0.2, -0.15) is 0 Å². The van der Waals surface area contributed by atoms with E-state index in [-0.39, 0.29) is 0 Å². The second-order valence-electron chi connectivity index (χ2n) is 3.27. The number of hydrogen-bond acceptors (Lipinski definition) is 4. The van der Waals surface area contributed by atoms with Crippen LogP contribution in [0.5, 0.6) is 0 Å². The molecule has 2 aromatic rings.